The Morgan fingerprint density at radius 2 is 2.00 bits per heavy atom. The average molecular weight is 346 g/mol. The topological polar surface area (TPSA) is 105 Å². The Morgan fingerprint density at radius 3 is 2.68 bits per heavy atom. The van der Waals surface area contributed by atoms with Crippen molar-refractivity contribution in [3.8, 4) is 0 Å². The normalized spacial score (nSPS) is 16.9. The van der Waals surface area contributed by atoms with Gasteiger partial charge in [0, 0.05) is 24.5 Å². The number of carboxylic acid groups (broad SMARTS) is 1. The molecule has 0 radical (unpaired) electrons. The number of carbonyl (C=O) groups is 3. The Balaban J connectivity index is 1.65. The number of rotatable bonds is 5. The third-order valence-electron chi connectivity index (χ3n) is 3.85. The van der Waals surface area contributed by atoms with Gasteiger partial charge in [0.15, 0.2) is 5.82 Å². The van der Waals surface area contributed by atoms with E-state index in [0.29, 0.717) is 18.7 Å². The zero-order chi connectivity index (χ0) is 18.0. The number of benzene rings is 1. The van der Waals surface area contributed by atoms with Gasteiger partial charge in [-0.2, -0.15) is 5.10 Å². The van der Waals surface area contributed by atoms with Gasteiger partial charge < -0.3 is 15.3 Å². The van der Waals surface area contributed by atoms with E-state index < -0.39 is 23.6 Å². The van der Waals surface area contributed by atoms with Crippen LogP contribution >= 0.6 is 0 Å². The third kappa shape index (κ3) is 3.65. The van der Waals surface area contributed by atoms with Crippen molar-refractivity contribution in [2.24, 2.45) is 5.92 Å². The van der Waals surface area contributed by atoms with Crippen molar-refractivity contribution in [1.82, 2.24) is 9.78 Å². The number of amides is 2. The summed E-state index contributed by atoms with van der Waals surface area (Å²) in [5.74, 6) is -3.01. The second kappa shape index (κ2) is 6.71. The number of aromatic nitrogens is 2. The van der Waals surface area contributed by atoms with Gasteiger partial charge in [0.2, 0.25) is 11.8 Å². The first-order chi connectivity index (χ1) is 11.9. The van der Waals surface area contributed by atoms with Crippen LogP contribution in [0.3, 0.4) is 0 Å². The minimum Gasteiger partial charge on any atom is -0.480 e. The number of hydrogen-bond donors (Lipinski definition) is 2. The van der Waals surface area contributed by atoms with Gasteiger partial charge in [-0.05, 0) is 30.7 Å². The van der Waals surface area contributed by atoms with Crippen molar-refractivity contribution >= 4 is 29.3 Å². The van der Waals surface area contributed by atoms with Crippen molar-refractivity contribution in [3.63, 3.8) is 0 Å². The van der Waals surface area contributed by atoms with Crippen LogP contribution in [-0.2, 0) is 20.9 Å². The number of nitrogens with zero attached hydrogens (tertiary/aromatic N) is 3. The molecule has 1 aliphatic rings. The van der Waals surface area contributed by atoms with E-state index in [4.69, 9.17) is 5.11 Å². The molecule has 2 N–H and O–H groups in total. The molecule has 1 unspecified atom stereocenters. The van der Waals surface area contributed by atoms with E-state index in [1.807, 2.05) is 0 Å². The van der Waals surface area contributed by atoms with Crippen molar-refractivity contribution in [2.45, 2.75) is 13.0 Å². The minimum atomic E-state index is -1.05. The van der Waals surface area contributed by atoms with Crippen LogP contribution in [0.4, 0.5) is 15.9 Å². The number of carbonyl (C=O) groups excluding carboxylic acids is 2. The number of halogens is 1. The summed E-state index contributed by atoms with van der Waals surface area (Å²) >= 11 is 0. The van der Waals surface area contributed by atoms with Gasteiger partial charge >= 0.3 is 5.97 Å². The monoisotopic (exact) mass is 346 g/mol. The van der Waals surface area contributed by atoms with Gasteiger partial charge in [-0.25, -0.2) is 4.39 Å². The predicted molar refractivity (Wildman–Crippen MR) is 85.4 cm³/mol. The van der Waals surface area contributed by atoms with Crippen molar-refractivity contribution < 1.29 is 23.9 Å². The van der Waals surface area contributed by atoms with Crippen molar-refractivity contribution in [3.05, 3.63) is 42.3 Å². The van der Waals surface area contributed by atoms with E-state index in [2.05, 4.69) is 10.4 Å². The molecule has 0 spiro atoms. The largest absolute Gasteiger partial charge is 0.480 e. The number of carboxylic acids is 1. The van der Waals surface area contributed by atoms with Gasteiger partial charge in [0.25, 0.3) is 0 Å². The zero-order valence-corrected chi connectivity index (χ0v) is 13.1. The smallest absolute Gasteiger partial charge is 0.325 e. The molecule has 0 aliphatic carbocycles. The summed E-state index contributed by atoms with van der Waals surface area (Å²) in [4.78, 5) is 36.8. The maximum absolute atomic E-state index is 13.0. The molecular formula is C16H15FN4O4. The standard InChI is InChI=1S/C16H15FN4O4/c17-10-1-3-11(4-2-10)21-8-5-12(16(21)25)15(24)18-13-6-7-20(19-13)9-14(22)23/h1-4,6-7,12H,5,8-9H2,(H,22,23)(H,18,19,24). The highest BCUT2D eigenvalue weighted by atomic mass is 19.1. The van der Waals surface area contributed by atoms with E-state index in [1.54, 1.807) is 0 Å². The molecular weight excluding hydrogens is 331 g/mol. The quantitative estimate of drug-likeness (QED) is 0.789. The fourth-order valence-electron chi connectivity index (χ4n) is 2.67. The molecule has 8 nitrogen and oxygen atoms in total. The molecule has 3 rings (SSSR count). The molecule has 1 aliphatic heterocycles. The van der Waals surface area contributed by atoms with Gasteiger partial charge in [0.05, 0.1) is 0 Å². The molecule has 0 saturated carbocycles. The van der Waals surface area contributed by atoms with Crippen LogP contribution in [0.5, 0.6) is 0 Å². The van der Waals surface area contributed by atoms with Crippen molar-refractivity contribution in [2.75, 3.05) is 16.8 Å². The maximum atomic E-state index is 13.0. The van der Waals surface area contributed by atoms with Crippen molar-refractivity contribution in [1.29, 1.82) is 0 Å². The molecule has 130 valence electrons. The van der Waals surface area contributed by atoms with Crippen LogP contribution in [0.25, 0.3) is 0 Å². The summed E-state index contributed by atoms with van der Waals surface area (Å²) in [6.07, 6.45) is 1.75. The van der Waals surface area contributed by atoms with Gasteiger partial charge in [0.1, 0.15) is 18.3 Å². The molecule has 1 atom stereocenters. The van der Waals surface area contributed by atoms with Crippen LogP contribution < -0.4 is 10.2 Å². The SMILES string of the molecule is O=C(O)Cn1ccc(NC(=O)C2CCN(c3ccc(F)cc3)C2=O)n1. The summed E-state index contributed by atoms with van der Waals surface area (Å²) in [6.45, 7) is 0.0343. The molecule has 2 aromatic rings. The van der Waals surface area contributed by atoms with E-state index in [0.717, 1.165) is 0 Å². The minimum absolute atomic E-state index is 0.180. The highest BCUT2D eigenvalue weighted by Gasteiger charge is 2.37. The van der Waals surface area contributed by atoms with E-state index in [-0.39, 0.29) is 18.3 Å². The second-order valence-corrected chi connectivity index (χ2v) is 5.59. The molecule has 1 aromatic heterocycles. The lowest BCUT2D eigenvalue weighted by atomic mass is 10.1. The molecule has 9 heteroatoms. The number of hydrogen-bond acceptors (Lipinski definition) is 4. The van der Waals surface area contributed by atoms with Crippen LogP contribution in [0.15, 0.2) is 36.5 Å². The Hall–Kier alpha value is -3.23. The first-order valence-corrected chi connectivity index (χ1v) is 7.57. The zero-order valence-electron chi connectivity index (χ0n) is 13.1. The molecule has 2 heterocycles. The van der Waals surface area contributed by atoms with Gasteiger partial charge in [-0.3, -0.25) is 19.1 Å². The Bertz CT molecular complexity index is 818. The molecule has 1 saturated heterocycles. The first-order valence-electron chi connectivity index (χ1n) is 7.57. The molecule has 0 bridgehead atoms. The molecule has 1 fully saturated rings. The maximum Gasteiger partial charge on any atom is 0.325 e. The molecule has 25 heavy (non-hydrogen) atoms. The Labute approximate surface area is 141 Å². The van der Waals surface area contributed by atoms with Gasteiger partial charge in [-0.1, -0.05) is 0 Å². The van der Waals surface area contributed by atoms with Crippen LogP contribution in [0.2, 0.25) is 0 Å². The molecule has 2 amide bonds. The average Bonchev–Trinajstić information content (AvgIpc) is 3.14. The highest BCUT2D eigenvalue weighted by molar-refractivity contribution is 6.13. The summed E-state index contributed by atoms with van der Waals surface area (Å²) in [5.41, 5.74) is 0.535. The Kier molecular flexibility index (Phi) is 4.46. The lowest BCUT2D eigenvalue weighted by molar-refractivity contribution is -0.138. The summed E-state index contributed by atoms with van der Waals surface area (Å²) in [6, 6.07) is 6.94. The predicted octanol–water partition coefficient (Wildman–Crippen LogP) is 1.10. The third-order valence-corrected chi connectivity index (χ3v) is 3.85. The highest BCUT2D eigenvalue weighted by Crippen LogP contribution is 2.26. The fourth-order valence-corrected chi connectivity index (χ4v) is 2.67. The summed E-state index contributed by atoms with van der Waals surface area (Å²) in [5, 5.41) is 15.1. The van der Waals surface area contributed by atoms with Gasteiger partial charge in [-0.15, -0.1) is 0 Å². The number of aliphatic carboxylic acids is 1. The number of anilines is 2. The summed E-state index contributed by atoms with van der Waals surface area (Å²) in [7, 11) is 0. The van der Waals surface area contributed by atoms with Crippen LogP contribution in [-0.4, -0.2) is 39.2 Å². The molecule has 1 aromatic carbocycles. The first kappa shape index (κ1) is 16.6. The lowest BCUT2D eigenvalue weighted by Crippen LogP contribution is -2.33. The van der Waals surface area contributed by atoms with E-state index >= 15 is 0 Å². The number of nitrogens with one attached hydrogen (secondary N) is 1. The van der Waals surface area contributed by atoms with E-state index in [9.17, 15) is 18.8 Å². The fraction of sp³-hybridized carbons (Fsp3) is 0.250. The second-order valence-electron chi connectivity index (χ2n) is 5.59. The lowest BCUT2D eigenvalue weighted by Gasteiger charge is -2.16. The van der Waals surface area contributed by atoms with Crippen LogP contribution in [0, 0.1) is 11.7 Å². The van der Waals surface area contributed by atoms with Crippen LogP contribution in [0.1, 0.15) is 6.42 Å². The Morgan fingerprint density at radius 1 is 1.28 bits per heavy atom. The van der Waals surface area contributed by atoms with E-state index in [1.165, 1.54) is 46.1 Å². The summed E-state index contributed by atoms with van der Waals surface area (Å²) < 4.78 is 14.2.